The lowest BCUT2D eigenvalue weighted by Gasteiger charge is -2.21. The molecule has 39 heavy (non-hydrogen) atoms. The summed E-state index contributed by atoms with van der Waals surface area (Å²) in [6.07, 6.45) is 3.69. The first-order valence-electron chi connectivity index (χ1n) is 13.1. The molecule has 0 aliphatic carbocycles. The number of hydrogen-bond acceptors (Lipinski definition) is 8. The van der Waals surface area contributed by atoms with Gasteiger partial charge in [-0.1, -0.05) is 24.8 Å². The number of pyridine rings is 1. The second-order valence-electron chi connectivity index (χ2n) is 11.6. The zero-order valence-corrected chi connectivity index (χ0v) is 24.8. The second-order valence-corrected chi connectivity index (χ2v) is 17.2. The lowest BCUT2D eigenvalue weighted by atomic mass is 9.90. The Hall–Kier alpha value is -3.63. The normalized spacial score (nSPS) is 12.1. The summed E-state index contributed by atoms with van der Waals surface area (Å²) in [7, 11) is -1.19. The maximum Gasteiger partial charge on any atom is 0.223 e. The number of carbonyl (C=O) groups is 1. The summed E-state index contributed by atoms with van der Waals surface area (Å²) in [5.74, 6) is 2.45. The maximum atomic E-state index is 11.7. The molecule has 0 saturated carbocycles. The Bertz CT molecular complexity index is 1400. The molecule has 1 aromatic carbocycles. The number of Topliss-reactive ketones (excluding diaryl/α,β-unsaturated/α-hetero) is 1. The van der Waals surface area contributed by atoms with E-state index in [1.807, 2.05) is 61.0 Å². The van der Waals surface area contributed by atoms with E-state index in [1.54, 1.807) is 20.0 Å². The van der Waals surface area contributed by atoms with Gasteiger partial charge in [-0.3, -0.25) is 9.78 Å². The standard InChI is InChI=1S/C29H37N5O4Si/c1-20(35)29(3,4)18-37-24-11-8-22(9-12-24)25-13-10-23(16-30-25)28-32-26(27-31-21(2)38-33-27)17-34(28)19-36-14-15-39(5,6)7/h8-13,16-17H,14-15,18-19H2,1-7H3. The average molecular weight is 548 g/mol. The highest BCUT2D eigenvalue weighted by molar-refractivity contribution is 6.76. The van der Waals surface area contributed by atoms with E-state index in [9.17, 15) is 4.79 Å². The van der Waals surface area contributed by atoms with Gasteiger partial charge in [0, 0.05) is 45.1 Å². The number of nitrogens with zero attached hydrogens (tertiary/aromatic N) is 5. The number of rotatable bonds is 12. The summed E-state index contributed by atoms with van der Waals surface area (Å²) < 4.78 is 19.0. The van der Waals surface area contributed by atoms with Crippen LogP contribution in [0.5, 0.6) is 5.75 Å². The number of hydrogen-bond donors (Lipinski definition) is 0. The third kappa shape index (κ3) is 7.48. The van der Waals surface area contributed by atoms with Gasteiger partial charge in [-0.15, -0.1) is 0 Å². The van der Waals surface area contributed by atoms with E-state index >= 15 is 0 Å². The molecular formula is C29H37N5O4Si. The van der Waals surface area contributed by atoms with Gasteiger partial charge in [0.1, 0.15) is 36.4 Å². The van der Waals surface area contributed by atoms with Crippen LogP contribution < -0.4 is 4.74 Å². The minimum atomic E-state index is -1.19. The van der Waals surface area contributed by atoms with E-state index < -0.39 is 13.5 Å². The van der Waals surface area contributed by atoms with Crippen LogP contribution in [0.25, 0.3) is 34.2 Å². The fourth-order valence-electron chi connectivity index (χ4n) is 3.58. The van der Waals surface area contributed by atoms with Gasteiger partial charge in [-0.05, 0) is 63.2 Å². The van der Waals surface area contributed by atoms with Crippen LogP contribution >= 0.6 is 0 Å². The maximum absolute atomic E-state index is 11.7. The number of imidazole rings is 1. The van der Waals surface area contributed by atoms with E-state index in [1.165, 1.54) is 0 Å². The van der Waals surface area contributed by atoms with Crippen molar-refractivity contribution < 1.29 is 18.8 Å². The summed E-state index contributed by atoms with van der Waals surface area (Å²) >= 11 is 0. The van der Waals surface area contributed by atoms with Crippen LogP contribution in [0.3, 0.4) is 0 Å². The minimum Gasteiger partial charge on any atom is -0.493 e. The van der Waals surface area contributed by atoms with E-state index in [2.05, 4.69) is 29.8 Å². The predicted molar refractivity (Wildman–Crippen MR) is 153 cm³/mol. The molecule has 3 heterocycles. The van der Waals surface area contributed by atoms with Gasteiger partial charge in [-0.2, -0.15) is 4.98 Å². The van der Waals surface area contributed by atoms with E-state index in [4.69, 9.17) is 24.0 Å². The Labute approximate surface area is 230 Å². The van der Waals surface area contributed by atoms with Crippen molar-refractivity contribution in [2.24, 2.45) is 5.41 Å². The molecule has 0 unspecified atom stereocenters. The van der Waals surface area contributed by atoms with Crippen LogP contribution in [0.1, 0.15) is 26.7 Å². The van der Waals surface area contributed by atoms with Crippen LogP contribution in [0.4, 0.5) is 0 Å². The van der Waals surface area contributed by atoms with Crippen LogP contribution in [-0.4, -0.2) is 51.7 Å². The predicted octanol–water partition coefficient (Wildman–Crippen LogP) is 6.28. The molecular weight excluding hydrogens is 510 g/mol. The largest absolute Gasteiger partial charge is 0.493 e. The van der Waals surface area contributed by atoms with Crippen molar-refractivity contribution in [3.63, 3.8) is 0 Å². The van der Waals surface area contributed by atoms with Gasteiger partial charge in [0.05, 0.1) is 11.1 Å². The Kier molecular flexibility index (Phi) is 8.46. The van der Waals surface area contributed by atoms with Crippen molar-refractivity contribution in [3.8, 4) is 39.9 Å². The molecule has 0 fully saturated rings. The number of benzene rings is 1. The Morgan fingerprint density at radius 3 is 2.33 bits per heavy atom. The van der Waals surface area contributed by atoms with Crippen molar-refractivity contribution in [3.05, 3.63) is 54.7 Å². The molecule has 10 heteroatoms. The fourth-order valence-corrected chi connectivity index (χ4v) is 4.34. The number of ether oxygens (including phenoxy) is 2. The lowest BCUT2D eigenvalue weighted by molar-refractivity contribution is -0.126. The van der Waals surface area contributed by atoms with Gasteiger partial charge in [-0.25, -0.2) is 4.98 Å². The molecule has 0 N–H and O–H groups in total. The first-order chi connectivity index (χ1) is 18.4. The SMILES string of the molecule is CC(=O)C(C)(C)COc1ccc(-c2ccc(-c3nc(-c4noc(C)n4)cn3COCC[Si](C)(C)C)cn2)cc1. The molecule has 0 aliphatic rings. The van der Waals surface area contributed by atoms with Crippen molar-refractivity contribution in [1.29, 1.82) is 0 Å². The van der Waals surface area contributed by atoms with Crippen molar-refractivity contribution in [2.45, 2.75) is 60.1 Å². The monoisotopic (exact) mass is 547 g/mol. The fraction of sp³-hybridized carbons (Fsp3) is 0.414. The first kappa shape index (κ1) is 28.4. The third-order valence-corrected chi connectivity index (χ3v) is 8.19. The molecule has 0 bridgehead atoms. The molecule has 0 aliphatic heterocycles. The van der Waals surface area contributed by atoms with Crippen LogP contribution in [0.15, 0.2) is 53.3 Å². The summed E-state index contributed by atoms with van der Waals surface area (Å²) in [4.78, 5) is 25.5. The molecule has 0 spiro atoms. The topological polar surface area (TPSA) is 105 Å². The van der Waals surface area contributed by atoms with Crippen LogP contribution in [-0.2, 0) is 16.3 Å². The van der Waals surface area contributed by atoms with Gasteiger partial charge in [0.2, 0.25) is 11.7 Å². The summed E-state index contributed by atoms with van der Waals surface area (Å²) in [5, 5.41) is 4.02. The van der Waals surface area contributed by atoms with Gasteiger partial charge in [0.25, 0.3) is 0 Å². The van der Waals surface area contributed by atoms with Crippen molar-refractivity contribution in [2.75, 3.05) is 13.2 Å². The van der Waals surface area contributed by atoms with E-state index in [0.717, 1.165) is 28.7 Å². The summed E-state index contributed by atoms with van der Waals surface area (Å²) in [6, 6.07) is 12.8. The van der Waals surface area contributed by atoms with Gasteiger partial charge >= 0.3 is 0 Å². The zero-order valence-electron chi connectivity index (χ0n) is 23.8. The van der Waals surface area contributed by atoms with Crippen molar-refractivity contribution in [1.82, 2.24) is 24.7 Å². The molecule has 4 aromatic rings. The Balaban J connectivity index is 1.51. The highest BCUT2D eigenvalue weighted by atomic mass is 28.3. The molecule has 206 valence electrons. The molecule has 0 amide bonds. The van der Waals surface area contributed by atoms with Crippen molar-refractivity contribution >= 4 is 13.9 Å². The molecule has 4 rings (SSSR count). The van der Waals surface area contributed by atoms with Crippen LogP contribution in [0.2, 0.25) is 25.7 Å². The third-order valence-electron chi connectivity index (χ3n) is 6.48. The molecule has 0 atom stereocenters. The average Bonchev–Trinajstić information content (AvgIpc) is 3.51. The van der Waals surface area contributed by atoms with E-state index in [-0.39, 0.29) is 5.78 Å². The number of aryl methyl sites for hydroxylation is 1. The van der Waals surface area contributed by atoms with E-state index in [0.29, 0.717) is 43.1 Å². The molecule has 0 saturated heterocycles. The number of carbonyl (C=O) groups excluding carboxylic acids is 1. The summed E-state index contributed by atoms with van der Waals surface area (Å²) in [6.45, 7) is 15.5. The van der Waals surface area contributed by atoms with Crippen LogP contribution in [0, 0.1) is 12.3 Å². The molecule has 0 radical (unpaired) electrons. The smallest absolute Gasteiger partial charge is 0.223 e. The van der Waals surface area contributed by atoms with Gasteiger partial charge in [0.15, 0.2) is 0 Å². The highest BCUT2D eigenvalue weighted by Crippen LogP contribution is 2.27. The summed E-state index contributed by atoms with van der Waals surface area (Å²) in [5.41, 5.74) is 2.73. The first-order valence-corrected chi connectivity index (χ1v) is 16.8. The minimum absolute atomic E-state index is 0.0988. The highest BCUT2D eigenvalue weighted by Gasteiger charge is 2.24. The zero-order chi connectivity index (χ0) is 28.2. The second kappa shape index (κ2) is 11.6. The quantitative estimate of drug-likeness (QED) is 0.151. The molecule has 9 nitrogen and oxygen atoms in total. The number of aromatic nitrogens is 5. The number of ketones is 1. The Morgan fingerprint density at radius 2 is 1.74 bits per heavy atom. The molecule has 3 aromatic heterocycles. The Morgan fingerprint density at radius 1 is 1.03 bits per heavy atom. The van der Waals surface area contributed by atoms with Gasteiger partial charge < -0.3 is 18.6 Å². The lowest BCUT2D eigenvalue weighted by Crippen LogP contribution is -2.28.